The number of hydrogen-bond acceptors (Lipinski definition) is 4. The maximum atomic E-state index is 12.9. The predicted octanol–water partition coefficient (Wildman–Crippen LogP) is 2.60. The molecule has 1 amide bonds. The summed E-state index contributed by atoms with van der Waals surface area (Å²) in [6.07, 6.45) is 4.68. The smallest absolute Gasteiger partial charge is 0.243 e. The molecule has 1 aromatic carbocycles. The number of carbonyl (C=O) groups excluding carboxylic acids is 1. The van der Waals surface area contributed by atoms with E-state index in [2.05, 4.69) is 10.3 Å². The fourth-order valence-corrected chi connectivity index (χ4v) is 5.08. The van der Waals surface area contributed by atoms with Gasteiger partial charge in [0, 0.05) is 39.0 Å². The number of carbonyl (C=O) groups is 1. The number of sulfonamides is 1. The average Bonchev–Trinajstić information content (AvgIpc) is 3.02. The van der Waals surface area contributed by atoms with Crippen LogP contribution in [0.1, 0.15) is 51.8 Å². The third kappa shape index (κ3) is 4.38. The van der Waals surface area contributed by atoms with Crippen molar-refractivity contribution in [2.75, 3.05) is 13.1 Å². The molecular weight excluding hydrogens is 376 g/mol. The quantitative estimate of drug-likeness (QED) is 0.766. The largest absolute Gasteiger partial charge is 0.354 e. The topological polar surface area (TPSA) is 84.3 Å². The second-order valence-corrected chi connectivity index (χ2v) is 9.52. The van der Waals surface area contributed by atoms with Crippen LogP contribution in [0.3, 0.4) is 0 Å². The van der Waals surface area contributed by atoms with Gasteiger partial charge in [0.1, 0.15) is 5.82 Å². The lowest BCUT2D eigenvalue weighted by molar-refractivity contribution is -0.121. The van der Waals surface area contributed by atoms with Crippen LogP contribution in [0, 0.1) is 0 Å². The third-order valence-electron chi connectivity index (χ3n) is 5.49. The molecule has 1 saturated heterocycles. The molecule has 28 heavy (non-hydrogen) atoms. The van der Waals surface area contributed by atoms with Gasteiger partial charge in [-0.05, 0) is 44.4 Å². The highest BCUT2D eigenvalue weighted by atomic mass is 32.2. The summed E-state index contributed by atoms with van der Waals surface area (Å²) >= 11 is 0. The summed E-state index contributed by atoms with van der Waals surface area (Å²) in [7, 11) is -1.58. The van der Waals surface area contributed by atoms with Crippen molar-refractivity contribution in [1.29, 1.82) is 0 Å². The van der Waals surface area contributed by atoms with Gasteiger partial charge in [-0.1, -0.05) is 13.3 Å². The van der Waals surface area contributed by atoms with E-state index in [9.17, 15) is 13.2 Å². The van der Waals surface area contributed by atoms with Crippen molar-refractivity contribution < 1.29 is 13.2 Å². The summed E-state index contributed by atoms with van der Waals surface area (Å²) in [4.78, 5) is 16.9. The van der Waals surface area contributed by atoms with E-state index >= 15 is 0 Å². The van der Waals surface area contributed by atoms with Crippen LogP contribution in [0.4, 0.5) is 0 Å². The summed E-state index contributed by atoms with van der Waals surface area (Å²) in [6.45, 7) is 5.18. The number of piperidine rings is 1. The molecule has 1 aliphatic rings. The molecule has 0 radical (unpaired) electrons. The Kier molecular flexibility index (Phi) is 6.40. The zero-order valence-corrected chi connectivity index (χ0v) is 17.8. The molecule has 1 fully saturated rings. The molecule has 8 heteroatoms. The van der Waals surface area contributed by atoms with Crippen LogP contribution in [-0.4, -0.2) is 47.3 Å². The third-order valence-corrected chi connectivity index (χ3v) is 7.39. The molecule has 0 saturated carbocycles. The minimum Gasteiger partial charge on any atom is -0.354 e. The second-order valence-electron chi connectivity index (χ2n) is 7.58. The molecular formula is C20H30N4O3S. The van der Waals surface area contributed by atoms with E-state index in [-0.39, 0.29) is 11.9 Å². The van der Waals surface area contributed by atoms with Gasteiger partial charge in [0.15, 0.2) is 0 Å². The standard InChI is InChI=1S/C20H30N4O3S/c1-4-15(2)21-20(25)11-10-19-22-17-14-16(8-9-18(17)23(19)3)28(26,27)24-12-6-5-7-13-24/h8-9,14-15H,4-7,10-13H2,1-3H3,(H,21,25)/t15-/m0/s1. The van der Waals surface area contributed by atoms with Crippen LogP contribution in [0.5, 0.6) is 0 Å². The number of benzene rings is 1. The molecule has 1 aromatic heterocycles. The van der Waals surface area contributed by atoms with Gasteiger partial charge in [-0.3, -0.25) is 4.79 Å². The summed E-state index contributed by atoms with van der Waals surface area (Å²) in [5, 5.41) is 2.96. The van der Waals surface area contributed by atoms with Crippen LogP contribution < -0.4 is 5.32 Å². The molecule has 0 bridgehead atoms. The van der Waals surface area contributed by atoms with Gasteiger partial charge in [0.05, 0.1) is 15.9 Å². The monoisotopic (exact) mass is 406 g/mol. The van der Waals surface area contributed by atoms with Crippen LogP contribution in [0.15, 0.2) is 23.1 Å². The number of amides is 1. The first-order chi connectivity index (χ1) is 13.3. The highest BCUT2D eigenvalue weighted by molar-refractivity contribution is 7.89. The number of imidazole rings is 1. The van der Waals surface area contributed by atoms with Gasteiger partial charge < -0.3 is 9.88 Å². The SMILES string of the molecule is CC[C@H](C)NC(=O)CCc1nc2cc(S(=O)(=O)N3CCCCC3)ccc2n1C. The lowest BCUT2D eigenvalue weighted by atomic mass is 10.2. The maximum absolute atomic E-state index is 12.9. The molecule has 0 unspecified atom stereocenters. The van der Waals surface area contributed by atoms with Gasteiger partial charge in [-0.2, -0.15) is 4.31 Å². The first-order valence-corrected chi connectivity index (χ1v) is 11.5. The summed E-state index contributed by atoms with van der Waals surface area (Å²) in [6, 6.07) is 5.28. The van der Waals surface area contributed by atoms with Gasteiger partial charge >= 0.3 is 0 Å². The van der Waals surface area contributed by atoms with E-state index in [4.69, 9.17) is 0 Å². The molecule has 2 aromatic rings. The highest BCUT2D eigenvalue weighted by Crippen LogP contribution is 2.24. The van der Waals surface area contributed by atoms with Crippen molar-refractivity contribution in [3.05, 3.63) is 24.0 Å². The Balaban J connectivity index is 1.79. The van der Waals surface area contributed by atoms with Gasteiger partial charge in [-0.25, -0.2) is 13.4 Å². The number of nitrogens with one attached hydrogen (secondary N) is 1. The van der Waals surface area contributed by atoms with Crippen molar-refractivity contribution >= 4 is 27.0 Å². The normalized spacial score (nSPS) is 17.0. The van der Waals surface area contributed by atoms with Crippen molar-refractivity contribution in [2.45, 2.75) is 63.3 Å². The summed E-state index contributed by atoms with van der Waals surface area (Å²) < 4.78 is 29.3. The fraction of sp³-hybridized carbons (Fsp3) is 0.600. The Labute approximate surface area is 167 Å². The van der Waals surface area contributed by atoms with Crippen LogP contribution in [-0.2, 0) is 28.3 Å². The van der Waals surface area contributed by atoms with Crippen molar-refractivity contribution in [3.8, 4) is 0 Å². The number of aromatic nitrogens is 2. The van der Waals surface area contributed by atoms with Crippen molar-refractivity contribution in [1.82, 2.24) is 19.2 Å². The molecule has 154 valence electrons. The molecule has 2 heterocycles. The molecule has 1 N–H and O–H groups in total. The first kappa shape index (κ1) is 20.8. The Hall–Kier alpha value is -1.93. The molecule has 0 spiro atoms. The average molecular weight is 407 g/mol. The Morgan fingerprint density at radius 3 is 2.64 bits per heavy atom. The number of nitrogens with zero attached hydrogens (tertiary/aromatic N) is 3. The number of aryl methyl sites for hydroxylation is 2. The van der Waals surface area contributed by atoms with Crippen molar-refractivity contribution in [2.24, 2.45) is 7.05 Å². The van der Waals surface area contributed by atoms with Gasteiger partial charge in [-0.15, -0.1) is 0 Å². The Morgan fingerprint density at radius 1 is 1.25 bits per heavy atom. The zero-order valence-electron chi connectivity index (χ0n) is 16.9. The lowest BCUT2D eigenvalue weighted by Crippen LogP contribution is -2.35. The van der Waals surface area contributed by atoms with E-state index in [1.807, 2.05) is 31.5 Å². The Morgan fingerprint density at radius 2 is 1.96 bits per heavy atom. The van der Waals surface area contributed by atoms with E-state index in [1.54, 1.807) is 16.4 Å². The predicted molar refractivity (Wildman–Crippen MR) is 110 cm³/mol. The molecule has 7 nitrogen and oxygen atoms in total. The van der Waals surface area contributed by atoms with Crippen LogP contribution in [0.25, 0.3) is 11.0 Å². The summed E-state index contributed by atoms with van der Waals surface area (Å²) in [5.41, 5.74) is 1.52. The number of rotatable bonds is 7. The minimum absolute atomic E-state index is 0.00905. The van der Waals surface area contributed by atoms with Gasteiger partial charge in [0.2, 0.25) is 15.9 Å². The molecule has 0 aliphatic carbocycles. The molecule has 1 atom stereocenters. The van der Waals surface area contributed by atoms with Crippen LogP contribution >= 0.6 is 0 Å². The molecule has 3 rings (SSSR count). The fourth-order valence-electron chi connectivity index (χ4n) is 3.54. The first-order valence-electron chi connectivity index (χ1n) is 10.1. The lowest BCUT2D eigenvalue weighted by Gasteiger charge is -2.25. The Bertz CT molecular complexity index is 946. The van der Waals surface area contributed by atoms with Crippen LogP contribution in [0.2, 0.25) is 0 Å². The zero-order chi connectivity index (χ0) is 20.3. The van der Waals surface area contributed by atoms with Crippen molar-refractivity contribution in [3.63, 3.8) is 0 Å². The van der Waals surface area contributed by atoms with E-state index < -0.39 is 10.0 Å². The second kappa shape index (κ2) is 8.61. The minimum atomic E-state index is -3.48. The maximum Gasteiger partial charge on any atom is 0.243 e. The number of fused-ring (bicyclic) bond motifs is 1. The van der Waals surface area contributed by atoms with E-state index in [0.29, 0.717) is 36.3 Å². The highest BCUT2D eigenvalue weighted by Gasteiger charge is 2.26. The van der Waals surface area contributed by atoms with E-state index in [0.717, 1.165) is 37.0 Å². The number of hydrogen-bond donors (Lipinski definition) is 1. The van der Waals surface area contributed by atoms with Gasteiger partial charge in [0.25, 0.3) is 0 Å². The van der Waals surface area contributed by atoms with E-state index in [1.165, 1.54) is 0 Å². The molecule has 1 aliphatic heterocycles. The summed E-state index contributed by atoms with van der Waals surface area (Å²) in [5.74, 6) is 0.789.